The standard InChI is InChI=1S/C9H14N4O3S/c1-6-7(10)8(12-11-6)9(14)13-2-4-17(15,16)5-3-13/h2-5,10H2,1H3,(H,11,12). The second kappa shape index (κ2) is 4.02. The third kappa shape index (κ3) is 2.26. The predicted molar refractivity (Wildman–Crippen MR) is 62.3 cm³/mol. The normalized spacial score (nSPS) is 19.2. The summed E-state index contributed by atoms with van der Waals surface area (Å²) in [5.41, 5.74) is 6.83. The summed E-state index contributed by atoms with van der Waals surface area (Å²) >= 11 is 0. The van der Waals surface area contributed by atoms with Gasteiger partial charge in [-0.15, -0.1) is 0 Å². The van der Waals surface area contributed by atoms with Crippen molar-refractivity contribution in [3.63, 3.8) is 0 Å². The molecule has 1 fully saturated rings. The number of aromatic nitrogens is 2. The molecule has 2 heterocycles. The quantitative estimate of drug-likeness (QED) is 0.683. The number of H-pyrrole nitrogens is 1. The van der Waals surface area contributed by atoms with Crippen LogP contribution in [0.1, 0.15) is 16.2 Å². The summed E-state index contributed by atoms with van der Waals surface area (Å²) in [5.74, 6) is -0.314. The Morgan fingerprint density at radius 3 is 2.47 bits per heavy atom. The minimum atomic E-state index is -2.99. The fourth-order valence-corrected chi connectivity index (χ4v) is 2.87. The molecular weight excluding hydrogens is 244 g/mol. The van der Waals surface area contributed by atoms with Crippen LogP contribution in [0.25, 0.3) is 0 Å². The maximum absolute atomic E-state index is 12.0. The lowest BCUT2D eigenvalue weighted by molar-refractivity contribution is 0.0765. The summed E-state index contributed by atoms with van der Waals surface area (Å²) < 4.78 is 22.5. The van der Waals surface area contributed by atoms with E-state index in [9.17, 15) is 13.2 Å². The van der Waals surface area contributed by atoms with Gasteiger partial charge >= 0.3 is 0 Å². The van der Waals surface area contributed by atoms with Crippen LogP contribution in [0, 0.1) is 6.92 Å². The van der Waals surface area contributed by atoms with Crippen LogP contribution in [-0.4, -0.2) is 54.0 Å². The topological polar surface area (TPSA) is 109 Å². The Kier molecular flexibility index (Phi) is 2.82. The molecule has 1 aliphatic rings. The monoisotopic (exact) mass is 258 g/mol. The molecule has 94 valence electrons. The van der Waals surface area contributed by atoms with E-state index >= 15 is 0 Å². The van der Waals surface area contributed by atoms with Gasteiger partial charge in [0.1, 0.15) is 0 Å². The largest absolute Gasteiger partial charge is 0.395 e. The van der Waals surface area contributed by atoms with Gasteiger partial charge in [-0.05, 0) is 6.92 Å². The lowest BCUT2D eigenvalue weighted by Crippen LogP contribution is -2.44. The Labute approximate surface area is 98.9 Å². The Balaban J connectivity index is 2.15. The molecule has 17 heavy (non-hydrogen) atoms. The van der Waals surface area contributed by atoms with Crippen LogP contribution in [0.3, 0.4) is 0 Å². The first kappa shape index (κ1) is 11.9. The summed E-state index contributed by atoms with van der Waals surface area (Å²) in [6.45, 7) is 2.12. The number of carbonyl (C=O) groups excluding carboxylic acids is 1. The number of anilines is 1. The van der Waals surface area contributed by atoms with Crippen molar-refractivity contribution in [3.8, 4) is 0 Å². The molecule has 0 unspecified atom stereocenters. The fraction of sp³-hybridized carbons (Fsp3) is 0.556. The number of rotatable bonds is 1. The van der Waals surface area contributed by atoms with Gasteiger partial charge in [0.2, 0.25) is 0 Å². The second-order valence-electron chi connectivity index (χ2n) is 4.05. The van der Waals surface area contributed by atoms with Crippen LogP contribution in [0.2, 0.25) is 0 Å². The van der Waals surface area contributed by atoms with Crippen LogP contribution < -0.4 is 5.73 Å². The highest BCUT2D eigenvalue weighted by molar-refractivity contribution is 7.91. The van der Waals surface area contributed by atoms with Gasteiger partial charge in [0.05, 0.1) is 22.9 Å². The third-order valence-electron chi connectivity index (χ3n) is 2.83. The summed E-state index contributed by atoms with van der Waals surface area (Å²) in [4.78, 5) is 13.5. The predicted octanol–water partition coefficient (Wildman–Crippen LogP) is -0.829. The van der Waals surface area contributed by atoms with Gasteiger partial charge in [-0.25, -0.2) is 8.42 Å². The maximum atomic E-state index is 12.0. The van der Waals surface area contributed by atoms with Gasteiger partial charge < -0.3 is 10.6 Å². The molecular formula is C9H14N4O3S. The van der Waals surface area contributed by atoms with Crippen LogP contribution in [0.15, 0.2) is 0 Å². The number of aryl methyl sites for hydroxylation is 1. The molecule has 7 nitrogen and oxygen atoms in total. The Morgan fingerprint density at radius 2 is 2.00 bits per heavy atom. The van der Waals surface area contributed by atoms with E-state index in [4.69, 9.17) is 5.73 Å². The minimum Gasteiger partial charge on any atom is -0.395 e. The number of amides is 1. The van der Waals surface area contributed by atoms with Gasteiger partial charge in [-0.2, -0.15) is 5.10 Å². The number of hydrogen-bond donors (Lipinski definition) is 2. The van der Waals surface area contributed by atoms with Crippen molar-refractivity contribution >= 4 is 21.4 Å². The summed E-state index contributed by atoms with van der Waals surface area (Å²) in [7, 11) is -2.99. The molecule has 3 N–H and O–H groups in total. The molecule has 2 rings (SSSR count). The molecule has 0 aliphatic carbocycles. The highest BCUT2D eigenvalue weighted by Gasteiger charge is 2.28. The number of aromatic amines is 1. The molecule has 0 aromatic carbocycles. The molecule has 0 bridgehead atoms. The van der Waals surface area contributed by atoms with Crippen molar-refractivity contribution in [2.24, 2.45) is 0 Å². The minimum absolute atomic E-state index is 0.00203. The smallest absolute Gasteiger partial charge is 0.276 e. The first-order chi connectivity index (χ1) is 7.91. The van der Waals surface area contributed by atoms with E-state index in [-0.39, 0.29) is 36.2 Å². The zero-order chi connectivity index (χ0) is 12.6. The van der Waals surface area contributed by atoms with Crippen molar-refractivity contribution in [1.82, 2.24) is 15.1 Å². The first-order valence-electron chi connectivity index (χ1n) is 5.21. The van der Waals surface area contributed by atoms with E-state index in [2.05, 4.69) is 10.2 Å². The van der Waals surface area contributed by atoms with Crippen LogP contribution in [-0.2, 0) is 9.84 Å². The Morgan fingerprint density at radius 1 is 1.41 bits per heavy atom. The van der Waals surface area contributed by atoms with Gasteiger partial charge in [0.15, 0.2) is 15.5 Å². The highest BCUT2D eigenvalue weighted by atomic mass is 32.2. The molecule has 0 saturated carbocycles. The van der Waals surface area contributed by atoms with Crippen molar-refractivity contribution in [1.29, 1.82) is 0 Å². The van der Waals surface area contributed by atoms with Crippen molar-refractivity contribution in [2.45, 2.75) is 6.92 Å². The number of sulfone groups is 1. The number of nitrogens with two attached hydrogens (primary N) is 1. The maximum Gasteiger partial charge on any atom is 0.276 e. The lowest BCUT2D eigenvalue weighted by atomic mass is 10.2. The number of nitrogen functional groups attached to an aromatic ring is 1. The van der Waals surface area contributed by atoms with Crippen LogP contribution in [0.5, 0.6) is 0 Å². The third-order valence-corrected chi connectivity index (χ3v) is 4.44. The lowest BCUT2D eigenvalue weighted by Gasteiger charge is -2.26. The highest BCUT2D eigenvalue weighted by Crippen LogP contribution is 2.16. The van der Waals surface area contributed by atoms with E-state index in [0.717, 1.165) is 0 Å². The molecule has 1 amide bonds. The first-order valence-corrected chi connectivity index (χ1v) is 7.03. The summed E-state index contributed by atoms with van der Waals surface area (Å²) in [6, 6.07) is 0. The molecule has 1 aromatic rings. The van der Waals surface area contributed by atoms with Gasteiger partial charge in [0.25, 0.3) is 5.91 Å². The number of carbonyl (C=O) groups is 1. The average molecular weight is 258 g/mol. The molecule has 0 spiro atoms. The number of nitrogens with one attached hydrogen (secondary N) is 1. The fourth-order valence-electron chi connectivity index (χ4n) is 1.67. The van der Waals surface area contributed by atoms with E-state index < -0.39 is 9.84 Å². The molecule has 1 aromatic heterocycles. The molecule has 0 radical (unpaired) electrons. The molecule has 0 atom stereocenters. The zero-order valence-electron chi connectivity index (χ0n) is 9.43. The average Bonchev–Trinajstić information content (AvgIpc) is 2.59. The van der Waals surface area contributed by atoms with Gasteiger partial charge in [-0.3, -0.25) is 9.89 Å². The Hall–Kier alpha value is -1.57. The molecule has 1 saturated heterocycles. The van der Waals surface area contributed by atoms with Crippen LogP contribution in [0.4, 0.5) is 5.69 Å². The Bertz CT molecular complexity index is 535. The van der Waals surface area contributed by atoms with Crippen molar-refractivity contribution < 1.29 is 13.2 Å². The van der Waals surface area contributed by atoms with Gasteiger partial charge in [0, 0.05) is 13.1 Å². The SMILES string of the molecule is Cc1[nH]nc(C(=O)N2CCS(=O)(=O)CC2)c1N. The zero-order valence-corrected chi connectivity index (χ0v) is 10.2. The second-order valence-corrected chi connectivity index (χ2v) is 6.36. The van der Waals surface area contributed by atoms with E-state index in [1.807, 2.05) is 0 Å². The summed E-state index contributed by atoms with van der Waals surface area (Å²) in [6.07, 6.45) is 0. The molecule has 1 aliphatic heterocycles. The van der Waals surface area contributed by atoms with E-state index in [0.29, 0.717) is 11.4 Å². The van der Waals surface area contributed by atoms with Gasteiger partial charge in [-0.1, -0.05) is 0 Å². The number of nitrogens with zero attached hydrogens (tertiary/aromatic N) is 2. The number of hydrogen-bond acceptors (Lipinski definition) is 5. The summed E-state index contributed by atoms with van der Waals surface area (Å²) in [5, 5.41) is 6.47. The van der Waals surface area contributed by atoms with E-state index in [1.165, 1.54) is 4.90 Å². The van der Waals surface area contributed by atoms with Crippen molar-refractivity contribution in [3.05, 3.63) is 11.4 Å². The van der Waals surface area contributed by atoms with Crippen LogP contribution >= 0.6 is 0 Å². The van der Waals surface area contributed by atoms with E-state index in [1.54, 1.807) is 6.92 Å². The van der Waals surface area contributed by atoms with Crippen molar-refractivity contribution in [2.75, 3.05) is 30.3 Å². The molecule has 8 heteroatoms.